The summed E-state index contributed by atoms with van der Waals surface area (Å²) in [5.74, 6) is 6.85. The van der Waals surface area contributed by atoms with E-state index in [2.05, 4.69) is 32.1 Å². The first kappa shape index (κ1) is 20.4. The molecule has 0 radical (unpaired) electrons. The lowest BCUT2D eigenvalue weighted by molar-refractivity contribution is 0.306. The van der Waals surface area contributed by atoms with E-state index >= 15 is 0 Å². The molecule has 0 unspecified atom stereocenters. The number of ether oxygens (including phenoxy) is 1. The van der Waals surface area contributed by atoms with E-state index < -0.39 is 0 Å². The molecule has 2 heterocycles. The van der Waals surface area contributed by atoms with Crippen LogP contribution in [0.25, 0.3) is 0 Å². The third-order valence-electron chi connectivity index (χ3n) is 4.33. The van der Waals surface area contributed by atoms with Gasteiger partial charge in [0.15, 0.2) is 0 Å². The Balaban J connectivity index is 1.48. The zero-order chi connectivity index (χ0) is 21.6. The van der Waals surface area contributed by atoms with Gasteiger partial charge in [-0.3, -0.25) is 0 Å². The zero-order valence-corrected chi connectivity index (χ0v) is 17.3. The van der Waals surface area contributed by atoms with E-state index in [4.69, 9.17) is 16.3 Å². The second kappa shape index (κ2) is 9.28. The maximum absolute atomic E-state index is 13.3. The number of hydrogen-bond donors (Lipinski definition) is 1. The van der Waals surface area contributed by atoms with Crippen molar-refractivity contribution in [2.24, 2.45) is 7.05 Å². The maximum atomic E-state index is 13.3. The minimum atomic E-state index is -0.307. The molecule has 1 N–H and O–H groups in total. The Morgan fingerprint density at radius 1 is 1.13 bits per heavy atom. The highest BCUT2D eigenvalue weighted by atomic mass is 35.5. The van der Waals surface area contributed by atoms with Gasteiger partial charge in [-0.25, -0.2) is 19.3 Å². The van der Waals surface area contributed by atoms with Crippen LogP contribution in [0.2, 0.25) is 5.02 Å². The van der Waals surface area contributed by atoms with Crippen LogP contribution in [-0.4, -0.2) is 19.5 Å². The maximum Gasteiger partial charge on any atom is 0.149 e. The highest BCUT2D eigenvalue weighted by Gasteiger charge is 2.07. The van der Waals surface area contributed by atoms with Crippen molar-refractivity contribution in [2.75, 3.05) is 5.32 Å². The molecule has 0 aliphatic heterocycles. The van der Waals surface area contributed by atoms with E-state index in [9.17, 15) is 4.39 Å². The van der Waals surface area contributed by atoms with E-state index in [1.807, 2.05) is 17.7 Å². The van der Waals surface area contributed by atoms with Crippen molar-refractivity contribution in [3.63, 3.8) is 0 Å². The quantitative estimate of drug-likeness (QED) is 0.461. The molecule has 0 fully saturated rings. The van der Waals surface area contributed by atoms with Crippen molar-refractivity contribution in [2.45, 2.75) is 6.61 Å². The standard InChI is InChI=1S/C23H17ClFN5O/c1-30-15-27-12-20(30)7-5-17-11-26-14-28-23(17)29-19-6-8-22(21(24)10-19)31-13-16-3-2-4-18(25)9-16/h2-4,6,8-12,14-15H,13H2,1H3,(H,26,28,29). The lowest BCUT2D eigenvalue weighted by atomic mass is 10.2. The Morgan fingerprint density at radius 3 is 2.81 bits per heavy atom. The van der Waals surface area contributed by atoms with E-state index in [-0.39, 0.29) is 12.4 Å². The van der Waals surface area contributed by atoms with Crippen LogP contribution in [-0.2, 0) is 13.7 Å². The van der Waals surface area contributed by atoms with Gasteiger partial charge in [0.1, 0.15) is 36.0 Å². The van der Waals surface area contributed by atoms with Crippen LogP contribution in [0.4, 0.5) is 15.9 Å². The first-order valence-electron chi connectivity index (χ1n) is 9.30. The van der Waals surface area contributed by atoms with Crippen LogP contribution in [0.5, 0.6) is 5.75 Å². The molecule has 0 aliphatic carbocycles. The Bertz CT molecular complexity index is 1280. The van der Waals surface area contributed by atoms with Gasteiger partial charge in [-0.2, -0.15) is 0 Å². The molecule has 6 nitrogen and oxygen atoms in total. The van der Waals surface area contributed by atoms with Gasteiger partial charge >= 0.3 is 0 Å². The van der Waals surface area contributed by atoms with Gasteiger partial charge in [0.2, 0.25) is 0 Å². The van der Waals surface area contributed by atoms with Gasteiger partial charge in [-0.05, 0) is 41.8 Å². The molecule has 31 heavy (non-hydrogen) atoms. The van der Waals surface area contributed by atoms with Crippen molar-refractivity contribution in [3.05, 3.63) is 95.2 Å². The zero-order valence-electron chi connectivity index (χ0n) is 16.5. The summed E-state index contributed by atoms with van der Waals surface area (Å²) in [4.78, 5) is 12.4. The number of imidazole rings is 1. The molecule has 0 bridgehead atoms. The van der Waals surface area contributed by atoms with Crippen LogP contribution in [0.15, 0.2) is 67.5 Å². The number of anilines is 2. The number of benzene rings is 2. The molecule has 0 spiro atoms. The van der Waals surface area contributed by atoms with Crippen molar-refractivity contribution < 1.29 is 9.13 Å². The number of aromatic nitrogens is 4. The summed E-state index contributed by atoms with van der Waals surface area (Å²) < 4.78 is 20.8. The van der Waals surface area contributed by atoms with Gasteiger partial charge in [0.25, 0.3) is 0 Å². The lowest BCUT2D eigenvalue weighted by Crippen LogP contribution is -1.99. The minimum Gasteiger partial charge on any atom is -0.487 e. The average Bonchev–Trinajstić information content (AvgIpc) is 3.17. The molecular formula is C23H17ClFN5O. The Labute approximate surface area is 183 Å². The fourth-order valence-electron chi connectivity index (χ4n) is 2.75. The van der Waals surface area contributed by atoms with Crippen LogP contribution in [0.1, 0.15) is 16.8 Å². The van der Waals surface area contributed by atoms with Gasteiger partial charge in [-0.1, -0.05) is 29.7 Å². The minimum absolute atomic E-state index is 0.212. The molecule has 4 rings (SSSR count). The first-order valence-corrected chi connectivity index (χ1v) is 9.68. The van der Waals surface area contributed by atoms with Gasteiger partial charge < -0.3 is 14.6 Å². The van der Waals surface area contributed by atoms with Crippen LogP contribution >= 0.6 is 11.6 Å². The molecule has 0 amide bonds. The molecule has 0 aliphatic rings. The van der Waals surface area contributed by atoms with Crippen molar-refractivity contribution in [1.29, 1.82) is 0 Å². The highest BCUT2D eigenvalue weighted by molar-refractivity contribution is 6.32. The van der Waals surface area contributed by atoms with E-state index in [0.29, 0.717) is 27.8 Å². The Hall–Kier alpha value is -3.89. The normalized spacial score (nSPS) is 10.3. The Kier molecular flexibility index (Phi) is 6.11. The Morgan fingerprint density at radius 2 is 2.03 bits per heavy atom. The second-order valence-electron chi connectivity index (χ2n) is 6.61. The van der Waals surface area contributed by atoms with Crippen molar-refractivity contribution in [3.8, 4) is 17.6 Å². The summed E-state index contributed by atoms with van der Waals surface area (Å²) in [7, 11) is 1.87. The number of nitrogens with one attached hydrogen (secondary N) is 1. The summed E-state index contributed by atoms with van der Waals surface area (Å²) >= 11 is 6.37. The highest BCUT2D eigenvalue weighted by Crippen LogP contribution is 2.30. The third kappa shape index (κ3) is 5.18. The number of aryl methyl sites for hydroxylation is 1. The summed E-state index contributed by atoms with van der Waals surface area (Å²) in [6.45, 7) is 0.212. The van der Waals surface area contributed by atoms with Crippen LogP contribution < -0.4 is 10.1 Å². The summed E-state index contributed by atoms with van der Waals surface area (Å²) in [5.41, 5.74) is 2.84. The van der Waals surface area contributed by atoms with E-state index in [1.54, 1.807) is 43.0 Å². The smallest absolute Gasteiger partial charge is 0.149 e. The van der Waals surface area contributed by atoms with Gasteiger partial charge in [-0.15, -0.1) is 0 Å². The molecule has 2 aromatic carbocycles. The second-order valence-corrected chi connectivity index (χ2v) is 7.02. The average molecular weight is 434 g/mol. The monoisotopic (exact) mass is 433 g/mol. The lowest BCUT2D eigenvalue weighted by Gasteiger charge is -2.11. The fraction of sp³-hybridized carbons (Fsp3) is 0.0870. The van der Waals surface area contributed by atoms with Crippen LogP contribution in [0, 0.1) is 17.7 Å². The SMILES string of the molecule is Cn1cncc1C#Cc1cncnc1Nc1ccc(OCc2cccc(F)c2)c(Cl)c1. The molecule has 4 aromatic rings. The van der Waals surface area contributed by atoms with E-state index in [0.717, 1.165) is 11.3 Å². The first-order chi connectivity index (χ1) is 15.1. The van der Waals surface area contributed by atoms with Crippen molar-refractivity contribution in [1.82, 2.24) is 19.5 Å². The van der Waals surface area contributed by atoms with E-state index in [1.165, 1.54) is 18.5 Å². The number of hydrogen-bond acceptors (Lipinski definition) is 5. The molecule has 154 valence electrons. The number of nitrogens with zero attached hydrogens (tertiary/aromatic N) is 4. The van der Waals surface area contributed by atoms with Gasteiger partial charge in [0, 0.05) is 18.9 Å². The predicted octanol–water partition coefficient (Wildman–Crippen LogP) is 4.73. The molecular weight excluding hydrogens is 417 g/mol. The molecule has 0 atom stereocenters. The number of halogens is 2. The predicted molar refractivity (Wildman–Crippen MR) is 117 cm³/mol. The molecule has 8 heteroatoms. The summed E-state index contributed by atoms with van der Waals surface area (Å²) in [6, 6.07) is 11.5. The molecule has 2 aromatic heterocycles. The fourth-order valence-corrected chi connectivity index (χ4v) is 2.99. The number of rotatable bonds is 5. The summed E-state index contributed by atoms with van der Waals surface area (Å²) in [6.07, 6.45) is 6.45. The largest absolute Gasteiger partial charge is 0.487 e. The van der Waals surface area contributed by atoms with Crippen molar-refractivity contribution >= 4 is 23.1 Å². The topological polar surface area (TPSA) is 64.9 Å². The summed E-state index contributed by atoms with van der Waals surface area (Å²) in [5, 5.41) is 3.62. The van der Waals surface area contributed by atoms with Gasteiger partial charge in [0.05, 0.1) is 23.1 Å². The van der Waals surface area contributed by atoms with Crippen LogP contribution in [0.3, 0.4) is 0 Å². The third-order valence-corrected chi connectivity index (χ3v) is 4.63. The molecule has 0 saturated carbocycles. The molecule has 0 saturated heterocycles.